The molecule has 0 N–H and O–H groups in total. The summed E-state index contributed by atoms with van der Waals surface area (Å²) in [4.78, 5) is 51.5. The number of imide groups is 1. The lowest BCUT2D eigenvalue weighted by Gasteiger charge is -2.32. The Bertz CT molecular complexity index is 765. The highest BCUT2D eigenvalue weighted by atomic mass is 79.9. The first kappa shape index (κ1) is 20.3. The van der Waals surface area contributed by atoms with Crippen molar-refractivity contribution < 1.29 is 23.9 Å². The van der Waals surface area contributed by atoms with Gasteiger partial charge in [-0.2, -0.15) is 0 Å². The topological polar surface area (TPSA) is 80.8 Å². The van der Waals surface area contributed by atoms with E-state index in [2.05, 4.69) is 15.9 Å². The van der Waals surface area contributed by atoms with Crippen molar-refractivity contribution >= 4 is 45.2 Å². The van der Waals surface area contributed by atoms with Gasteiger partial charge in [-0.15, -0.1) is 0 Å². The van der Waals surface area contributed by atoms with Crippen molar-refractivity contribution in [1.82, 2.24) is 0 Å². The lowest BCUT2D eigenvalue weighted by atomic mass is 9.73. The van der Waals surface area contributed by atoms with E-state index in [9.17, 15) is 19.2 Å². The minimum atomic E-state index is -1.72. The normalized spacial score (nSPS) is 20.1. The monoisotopic (exact) mass is 423 g/mol. The van der Waals surface area contributed by atoms with Gasteiger partial charge < -0.3 is 4.74 Å². The van der Waals surface area contributed by atoms with E-state index in [1.165, 1.54) is 13.8 Å². The van der Waals surface area contributed by atoms with Gasteiger partial charge in [0.25, 0.3) is 0 Å². The number of nitrogens with zero attached hydrogens (tertiary/aromatic N) is 1. The maximum Gasteiger partial charge on any atom is 0.320 e. The van der Waals surface area contributed by atoms with E-state index in [1.807, 2.05) is 0 Å². The summed E-state index contributed by atoms with van der Waals surface area (Å²) in [6.45, 7) is 7.66. The molecule has 2 unspecified atom stereocenters. The van der Waals surface area contributed by atoms with Crippen LogP contribution in [0.3, 0.4) is 0 Å². The molecule has 0 aromatic heterocycles. The molecule has 1 aromatic carbocycles. The number of hydrogen-bond acceptors (Lipinski definition) is 5. The molecule has 0 spiro atoms. The minimum absolute atomic E-state index is 0.218. The van der Waals surface area contributed by atoms with E-state index in [4.69, 9.17) is 4.74 Å². The number of esters is 1. The largest absolute Gasteiger partial charge is 0.459 e. The van der Waals surface area contributed by atoms with Gasteiger partial charge in [0.05, 0.1) is 11.6 Å². The Labute approximate surface area is 161 Å². The number of anilines is 1. The van der Waals surface area contributed by atoms with Crippen LogP contribution in [0.1, 0.15) is 41.0 Å². The number of carbonyl (C=O) groups is 4. The average molecular weight is 424 g/mol. The summed E-state index contributed by atoms with van der Waals surface area (Å²) in [5, 5.41) is 0. The van der Waals surface area contributed by atoms with E-state index in [0.717, 1.165) is 9.37 Å². The van der Waals surface area contributed by atoms with Gasteiger partial charge in [0.1, 0.15) is 16.8 Å². The van der Waals surface area contributed by atoms with Crippen LogP contribution in [0.25, 0.3) is 0 Å². The highest BCUT2D eigenvalue weighted by Crippen LogP contribution is 2.41. The molecule has 1 saturated heterocycles. The maximum atomic E-state index is 13.0. The van der Waals surface area contributed by atoms with Crippen molar-refractivity contribution in [3.63, 3.8) is 0 Å². The van der Waals surface area contributed by atoms with Crippen LogP contribution in [0.2, 0.25) is 0 Å². The molecule has 1 fully saturated rings. The lowest BCUT2D eigenvalue weighted by Crippen LogP contribution is -2.48. The first-order valence-corrected chi connectivity index (χ1v) is 9.04. The van der Waals surface area contributed by atoms with Crippen LogP contribution in [-0.4, -0.2) is 29.2 Å². The molecule has 2 amide bonds. The Hall–Kier alpha value is -2.02. The minimum Gasteiger partial charge on any atom is -0.459 e. The quantitative estimate of drug-likeness (QED) is 0.421. The number of rotatable bonds is 4. The summed E-state index contributed by atoms with van der Waals surface area (Å²) in [5.74, 6) is -3.40. The molecule has 0 saturated carbocycles. The number of halogens is 1. The Kier molecular flexibility index (Phi) is 5.42. The summed E-state index contributed by atoms with van der Waals surface area (Å²) < 4.78 is 6.17. The summed E-state index contributed by atoms with van der Waals surface area (Å²) in [7, 11) is 0. The standard InChI is InChI=1S/C19H22BrNO5/c1-11(22)19(5,17(25)26-18(2,3)4)14-10-15(23)21(16(14)24)13-8-6-12(20)7-9-13/h6-9,14H,10H2,1-5H3. The third kappa shape index (κ3) is 3.72. The van der Waals surface area contributed by atoms with Gasteiger partial charge >= 0.3 is 5.97 Å². The molecule has 1 aliphatic heterocycles. The fourth-order valence-electron chi connectivity index (χ4n) is 2.86. The van der Waals surface area contributed by atoms with Crippen molar-refractivity contribution in [2.24, 2.45) is 11.3 Å². The molecule has 6 nitrogen and oxygen atoms in total. The zero-order chi connectivity index (χ0) is 19.9. The predicted molar refractivity (Wildman–Crippen MR) is 99.4 cm³/mol. The van der Waals surface area contributed by atoms with Crippen LogP contribution in [0.4, 0.5) is 5.69 Å². The van der Waals surface area contributed by atoms with Crippen LogP contribution in [-0.2, 0) is 23.9 Å². The van der Waals surface area contributed by atoms with Crippen LogP contribution in [0, 0.1) is 11.3 Å². The first-order chi connectivity index (χ1) is 11.9. The molecule has 26 heavy (non-hydrogen) atoms. The van der Waals surface area contributed by atoms with Crippen LogP contribution in [0.15, 0.2) is 28.7 Å². The maximum absolute atomic E-state index is 13.0. The molecule has 2 rings (SSSR count). The van der Waals surface area contributed by atoms with E-state index in [0.29, 0.717) is 5.69 Å². The molecule has 1 aliphatic rings. The Balaban J connectivity index is 2.40. The van der Waals surface area contributed by atoms with Crippen LogP contribution >= 0.6 is 15.9 Å². The molecule has 140 valence electrons. The van der Waals surface area contributed by atoms with Gasteiger partial charge in [-0.3, -0.25) is 24.1 Å². The molecule has 1 heterocycles. The summed E-state index contributed by atoms with van der Waals surface area (Å²) in [6.07, 6.45) is -0.218. The molecule has 0 aliphatic carbocycles. The van der Waals surface area contributed by atoms with Gasteiger partial charge in [-0.05, 0) is 58.9 Å². The van der Waals surface area contributed by atoms with Gasteiger partial charge in [0.15, 0.2) is 0 Å². The lowest BCUT2D eigenvalue weighted by molar-refractivity contribution is -0.173. The van der Waals surface area contributed by atoms with Crippen molar-refractivity contribution in [2.45, 2.75) is 46.6 Å². The highest BCUT2D eigenvalue weighted by molar-refractivity contribution is 9.10. The Morgan fingerprint density at radius 1 is 1.12 bits per heavy atom. The molecular weight excluding hydrogens is 402 g/mol. The fourth-order valence-corrected chi connectivity index (χ4v) is 3.12. The molecule has 0 bridgehead atoms. The Morgan fingerprint density at radius 3 is 2.12 bits per heavy atom. The van der Waals surface area contributed by atoms with Crippen molar-refractivity contribution in [2.75, 3.05) is 4.90 Å². The summed E-state index contributed by atoms with van der Waals surface area (Å²) in [6, 6.07) is 6.67. The third-order valence-electron chi connectivity index (χ3n) is 4.48. The van der Waals surface area contributed by atoms with Gasteiger partial charge in [0, 0.05) is 10.9 Å². The number of Topliss-reactive ketones (excluding diaryl/α,β-unsaturated/α-hetero) is 1. The average Bonchev–Trinajstić information content (AvgIpc) is 2.81. The molecule has 0 radical (unpaired) electrons. The number of carbonyl (C=O) groups excluding carboxylic acids is 4. The Morgan fingerprint density at radius 2 is 1.65 bits per heavy atom. The number of hydrogen-bond donors (Lipinski definition) is 0. The van der Waals surface area contributed by atoms with E-state index in [1.54, 1.807) is 45.0 Å². The van der Waals surface area contributed by atoms with E-state index in [-0.39, 0.29) is 6.42 Å². The molecule has 2 atom stereocenters. The SMILES string of the molecule is CC(=O)C(C)(C(=O)OC(C)(C)C)C1CC(=O)N(c2ccc(Br)cc2)C1=O. The molecule has 1 aromatic rings. The van der Waals surface area contributed by atoms with Crippen molar-refractivity contribution in [3.05, 3.63) is 28.7 Å². The molecular formula is C19H22BrNO5. The van der Waals surface area contributed by atoms with Crippen LogP contribution < -0.4 is 4.90 Å². The zero-order valence-corrected chi connectivity index (χ0v) is 17.0. The number of benzene rings is 1. The predicted octanol–water partition coefficient (Wildman–Crippen LogP) is 3.27. The number of amides is 2. The van der Waals surface area contributed by atoms with Gasteiger partial charge in [-0.25, -0.2) is 0 Å². The third-order valence-corrected chi connectivity index (χ3v) is 5.01. The number of ether oxygens (including phenoxy) is 1. The molecule has 7 heteroatoms. The van der Waals surface area contributed by atoms with Crippen molar-refractivity contribution in [1.29, 1.82) is 0 Å². The second-order valence-corrected chi connectivity index (χ2v) is 8.48. The summed E-state index contributed by atoms with van der Waals surface area (Å²) in [5.41, 5.74) is -2.13. The second-order valence-electron chi connectivity index (χ2n) is 7.56. The number of ketones is 1. The fraction of sp³-hybridized carbons (Fsp3) is 0.474. The smallest absolute Gasteiger partial charge is 0.320 e. The van der Waals surface area contributed by atoms with Crippen LogP contribution in [0.5, 0.6) is 0 Å². The van der Waals surface area contributed by atoms with Gasteiger partial charge in [-0.1, -0.05) is 15.9 Å². The van der Waals surface area contributed by atoms with E-state index >= 15 is 0 Å². The second kappa shape index (κ2) is 6.95. The van der Waals surface area contributed by atoms with Crippen molar-refractivity contribution in [3.8, 4) is 0 Å². The highest BCUT2D eigenvalue weighted by Gasteiger charge is 2.57. The van der Waals surface area contributed by atoms with Gasteiger partial charge in [0.2, 0.25) is 11.8 Å². The summed E-state index contributed by atoms with van der Waals surface area (Å²) >= 11 is 3.30. The zero-order valence-electron chi connectivity index (χ0n) is 15.5. The first-order valence-electron chi connectivity index (χ1n) is 8.25. The van der Waals surface area contributed by atoms with E-state index < -0.39 is 40.5 Å².